The average Bonchev–Trinajstić information content (AvgIpc) is 2.64. The number of carbonyl (C=O) groups excluding carboxylic acids is 1. The normalized spacial score (nSPS) is 24.9. The van der Waals surface area contributed by atoms with E-state index >= 15 is 0 Å². The van der Waals surface area contributed by atoms with Gasteiger partial charge in [0.15, 0.2) is 5.96 Å². The van der Waals surface area contributed by atoms with Crippen LogP contribution < -0.4 is 16.0 Å². The number of alkyl carbamates (subject to hydrolysis) is 1. The largest absolute Gasteiger partial charge is 0.444 e. The highest BCUT2D eigenvalue weighted by Crippen LogP contribution is 2.20. The number of guanidine groups is 1. The third-order valence-corrected chi connectivity index (χ3v) is 6.92. The molecule has 3 N–H and O–H groups in total. The van der Waals surface area contributed by atoms with Crippen LogP contribution in [0.15, 0.2) is 4.99 Å². The summed E-state index contributed by atoms with van der Waals surface area (Å²) in [6.45, 7) is 7.55. The number of nitrogens with one attached hydrogen (secondary N) is 3. The lowest BCUT2D eigenvalue weighted by Crippen LogP contribution is -2.49. The maximum Gasteiger partial charge on any atom is 0.407 e. The standard InChI is InChI=1S/C20H39N5O4S/c1-20(2,3)29-19(26)24-17-8-6-16(7-9-17)23-18(21-4)22-14-15-10-12-25(13-11-15)30(5,27)28/h15-17H,6-14H2,1-5H3,(H,24,26)(H2,21,22,23). The molecule has 1 aliphatic heterocycles. The van der Waals surface area contributed by atoms with Crippen molar-refractivity contribution in [2.45, 2.75) is 77.0 Å². The Hall–Kier alpha value is -1.55. The number of nitrogens with zero attached hydrogens (tertiary/aromatic N) is 2. The molecule has 1 saturated carbocycles. The number of aliphatic imine (C=N–C) groups is 1. The van der Waals surface area contributed by atoms with E-state index in [0.29, 0.717) is 25.0 Å². The van der Waals surface area contributed by atoms with Crippen LogP contribution >= 0.6 is 0 Å². The van der Waals surface area contributed by atoms with Gasteiger partial charge in [0.05, 0.1) is 6.26 Å². The van der Waals surface area contributed by atoms with Gasteiger partial charge in [-0.25, -0.2) is 17.5 Å². The Balaban J connectivity index is 1.67. The molecule has 9 nitrogen and oxygen atoms in total. The van der Waals surface area contributed by atoms with Crippen molar-refractivity contribution >= 4 is 22.1 Å². The second-order valence-corrected chi connectivity index (χ2v) is 11.4. The van der Waals surface area contributed by atoms with Gasteiger partial charge in [-0.2, -0.15) is 0 Å². The molecular weight excluding hydrogens is 406 g/mol. The van der Waals surface area contributed by atoms with Crippen molar-refractivity contribution in [2.24, 2.45) is 10.9 Å². The molecule has 1 amide bonds. The second kappa shape index (κ2) is 10.7. The summed E-state index contributed by atoms with van der Waals surface area (Å²) in [5, 5.41) is 9.83. The summed E-state index contributed by atoms with van der Waals surface area (Å²) in [5.74, 6) is 1.22. The van der Waals surface area contributed by atoms with Gasteiger partial charge in [0.2, 0.25) is 10.0 Å². The number of hydrogen-bond acceptors (Lipinski definition) is 5. The van der Waals surface area contributed by atoms with E-state index in [0.717, 1.165) is 51.0 Å². The Morgan fingerprint density at radius 2 is 1.57 bits per heavy atom. The highest BCUT2D eigenvalue weighted by molar-refractivity contribution is 7.88. The Labute approximate surface area is 181 Å². The fourth-order valence-corrected chi connectivity index (χ4v) is 4.80. The maximum absolute atomic E-state index is 11.9. The van der Waals surface area contributed by atoms with E-state index in [1.54, 1.807) is 11.4 Å². The van der Waals surface area contributed by atoms with Gasteiger partial charge in [0.25, 0.3) is 0 Å². The SMILES string of the molecule is CN=C(NCC1CCN(S(C)(=O)=O)CC1)NC1CCC(NC(=O)OC(C)(C)C)CC1. The van der Waals surface area contributed by atoms with E-state index < -0.39 is 15.6 Å². The molecule has 1 aliphatic carbocycles. The number of hydrogen-bond donors (Lipinski definition) is 3. The highest BCUT2D eigenvalue weighted by atomic mass is 32.2. The Bertz CT molecular complexity index is 688. The minimum absolute atomic E-state index is 0.146. The van der Waals surface area contributed by atoms with Crippen LogP contribution in [0.25, 0.3) is 0 Å². The van der Waals surface area contributed by atoms with Gasteiger partial charge in [-0.1, -0.05) is 0 Å². The summed E-state index contributed by atoms with van der Waals surface area (Å²) in [4.78, 5) is 16.3. The number of piperidine rings is 1. The Kier molecular flexibility index (Phi) is 8.78. The molecule has 10 heteroatoms. The zero-order chi connectivity index (χ0) is 22.4. The van der Waals surface area contributed by atoms with Gasteiger partial charge in [-0.15, -0.1) is 0 Å². The zero-order valence-electron chi connectivity index (χ0n) is 19.0. The number of ether oxygens (including phenoxy) is 1. The average molecular weight is 446 g/mol. The van der Waals surface area contributed by atoms with Crippen molar-refractivity contribution in [3.8, 4) is 0 Å². The Morgan fingerprint density at radius 1 is 1.03 bits per heavy atom. The molecule has 1 heterocycles. The van der Waals surface area contributed by atoms with Crippen LogP contribution in [0, 0.1) is 5.92 Å². The van der Waals surface area contributed by atoms with Crippen LogP contribution in [0.1, 0.15) is 59.3 Å². The zero-order valence-corrected chi connectivity index (χ0v) is 19.8. The van der Waals surface area contributed by atoms with Crippen LogP contribution in [-0.4, -0.2) is 75.4 Å². The molecule has 30 heavy (non-hydrogen) atoms. The molecule has 0 aromatic rings. The van der Waals surface area contributed by atoms with E-state index in [2.05, 4.69) is 20.9 Å². The fraction of sp³-hybridized carbons (Fsp3) is 0.900. The van der Waals surface area contributed by atoms with Crippen molar-refractivity contribution in [1.29, 1.82) is 0 Å². The first-order valence-electron chi connectivity index (χ1n) is 10.9. The molecule has 1 saturated heterocycles. The van der Waals surface area contributed by atoms with Gasteiger partial charge >= 0.3 is 6.09 Å². The van der Waals surface area contributed by atoms with Gasteiger partial charge in [0, 0.05) is 38.8 Å². The van der Waals surface area contributed by atoms with E-state index in [1.807, 2.05) is 20.8 Å². The van der Waals surface area contributed by atoms with Crippen molar-refractivity contribution in [1.82, 2.24) is 20.3 Å². The molecule has 0 radical (unpaired) electrons. The van der Waals surface area contributed by atoms with Crippen LogP contribution in [0.2, 0.25) is 0 Å². The molecule has 2 aliphatic rings. The third kappa shape index (κ3) is 8.67. The van der Waals surface area contributed by atoms with Gasteiger partial charge in [-0.3, -0.25) is 4.99 Å². The van der Waals surface area contributed by atoms with Crippen LogP contribution in [0.4, 0.5) is 4.79 Å². The predicted molar refractivity (Wildman–Crippen MR) is 119 cm³/mol. The van der Waals surface area contributed by atoms with Gasteiger partial charge < -0.3 is 20.7 Å². The second-order valence-electron chi connectivity index (χ2n) is 9.40. The van der Waals surface area contributed by atoms with Crippen LogP contribution in [0.5, 0.6) is 0 Å². The molecule has 0 aromatic heterocycles. The first-order chi connectivity index (χ1) is 14.0. The summed E-state index contributed by atoms with van der Waals surface area (Å²) in [5.41, 5.74) is -0.484. The highest BCUT2D eigenvalue weighted by Gasteiger charge is 2.27. The lowest BCUT2D eigenvalue weighted by atomic mass is 9.91. The van der Waals surface area contributed by atoms with Crippen molar-refractivity contribution in [2.75, 3.05) is 32.9 Å². The van der Waals surface area contributed by atoms with Crippen LogP contribution in [-0.2, 0) is 14.8 Å². The number of carbonyl (C=O) groups is 1. The predicted octanol–water partition coefficient (Wildman–Crippen LogP) is 1.66. The molecule has 0 atom stereocenters. The number of amides is 1. The summed E-state index contributed by atoms with van der Waals surface area (Å²) < 4.78 is 30.1. The molecular formula is C20H39N5O4S. The molecule has 2 rings (SSSR count). The van der Waals surface area contributed by atoms with E-state index in [4.69, 9.17) is 4.74 Å². The smallest absolute Gasteiger partial charge is 0.407 e. The first-order valence-corrected chi connectivity index (χ1v) is 12.7. The maximum atomic E-state index is 11.9. The van der Waals surface area contributed by atoms with E-state index in [1.165, 1.54) is 6.26 Å². The summed E-state index contributed by atoms with van der Waals surface area (Å²) >= 11 is 0. The molecule has 0 unspecified atom stereocenters. The molecule has 0 aromatic carbocycles. The third-order valence-electron chi connectivity index (χ3n) is 5.61. The van der Waals surface area contributed by atoms with Crippen molar-refractivity contribution in [3.05, 3.63) is 0 Å². The van der Waals surface area contributed by atoms with Crippen molar-refractivity contribution < 1.29 is 17.9 Å². The van der Waals surface area contributed by atoms with E-state index in [-0.39, 0.29) is 12.1 Å². The number of rotatable bonds is 5. The monoisotopic (exact) mass is 445 g/mol. The van der Waals surface area contributed by atoms with Crippen LogP contribution in [0.3, 0.4) is 0 Å². The summed E-state index contributed by atoms with van der Waals surface area (Å²) in [6, 6.07) is 0.466. The quantitative estimate of drug-likeness (QED) is 0.438. The molecule has 0 bridgehead atoms. The Morgan fingerprint density at radius 3 is 2.03 bits per heavy atom. The molecule has 174 valence electrons. The topological polar surface area (TPSA) is 112 Å². The van der Waals surface area contributed by atoms with Crippen molar-refractivity contribution in [3.63, 3.8) is 0 Å². The minimum atomic E-state index is -3.08. The minimum Gasteiger partial charge on any atom is -0.444 e. The van der Waals surface area contributed by atoms with E-state index in [9.17, 15) is 13.2 Å². The van der Waals surface area contributed by atoms with Gasteiger partial charge in [0.1, 0.15) is 5.60 Å². The number of sulfonamides is 1. The summed E-state index contributed by atoms with van der Waals surface area (Å²) in [6.07, 6.45) is 6.35. The summed E-state index contributed by atoms with van der Waals surface area (Å²) in [7, 11) is -1.32. The lowest BCUT2D eigenvalue weighted by Gasteiger charge is -2.32. The lowest BCUT2D eigenvalue weighted by molar-refractivity contribution is 0.0490. The fourth-order valence-electron chi connectivity index (χ4n) is 3.93. The molecule has 2 fully saturated rings. The molecule has 0 spiro atoms. The van der Waals surface area contributed by atoms with Gasteiger partial charge in [-0.05, 0) is 65.2 Å². The first kappa shape index (κ1) is 24.7.